The molecule has 0 saturated heterocycles. The molecule has 0 aliphatic carbocycles. The Morgan fingerprint density at radius 3 is 2.27 bits per heavy atom. The van der Waals surface area contributed by atoms with Crippen LogP contribution in [0.3, 0.4) is 0 Å². The monoisotopic (exact) mass is 211 g/mol. The molecule has 80 valence electrons. The van der Waals surface area contributed by atoms with Crippen molar-refractivity contribution in [1.82, 2.24) is 0 Å². The fourth-order valence-electron chi connectivity index (χ4n) is 1.08. The van der Waals surface area contributed by atoms with Crippen molar-refractivity contribution in [2.24, 2.45) is 5.73 Å². The molecular weight excluding hydrogens is 202 g/mol. The van der Waals surface area contributed by atoms with E-state index in [0.717, 1.165) is 18.2 Å². The van der Waals surface area contributed by atoms with Crippen LogP contribution in [0.1, 0.15) is 22.0 Å². The first-order valence-electron chi connectivity index (χ1n) is 3.97. The highest BCUT2D eigenvalue weighted by atomic mass is 16.4. The lowest BCUT2D eigenvalue weighted by Crippen LogP contribution is -2.20. The molecule has 0 spiro atoms. The third-order valence-corrected chi connectivity index (χ3v) is 1.81. The highest BCUT2D eigenvalue weighted by molar-refractivity contribution is 5.89. The molecule has 15 heavy (non-hydrogen) atoms. The molecule has 0 radical (unpaired) electrons. The molecule has 0 saturated carbocycles. The molecule has 0 aliphatic rings. The fourth-order valence-corrected chi connectivity index (χ4v) is 1.08. The summed E-state index contributed by atoms with van der Waals surface area (Å²) in [6, 6.07) is 1.89. The Hall–Kier alpha value is -2.08. The predicted molar refractivity (Wildman–Crippen MR) is 49.6 cm³/mol. The van der Waals surface area contributed by atoms with Gasteiger partial charge in [-0.15, -0.1) is 0 Å². The summed E-state index contributed by atoms with van der Waals surface area (Å²) in [7, 11) is 0. The number of aromatic hydroxyl groups is 1. The Morgan fingerprint density at radius 1 is 1.20 bits per heavy atom. The van der Waals surface area contributed by atoms with E-state index in [2.05, 4.69) is 0 Å². The molecule has 1 aromatic rings. The first-order chi connectivity index (χ1) is 6.91. The van der Waals surface area contributed by atoms with Crippen LogP contribution in [-0.2, 0) is 4.79 Å². The van der Waals surface area contributed by atoms with Crippen LogP contribution in [0.2, 0.25) is 0 Å². The number of nitrogens with two attached hydrogens (primary N) is 1. The zero-order valence-electron chi connectivity index (χ0n) is 7.54. The Balaban J connectivity index is 3.20. The Morgan fingerprint density at radius 2 is 1.80 bits per heavy atom. The van der Waals surface area contributed by atoms with E-state index >= 15 is 0 Å². The molecule has 1 aromatic carbocycles. The largest absolute Gasteiger partial charge is 0.508 e. The van der Waals surface area contributed by atoms with Crippen LogP contribution < -0.4 is 5.73 Å². The minimum atomic E-state index is -1.35. The Labute approximate surface area is 84.6 Å². The second kappa shape index (κ2) is 3.97. The number of phenols is 1. The maximum absolute atomic E-state index is 10.6. The molecule has 0 amide bonds. The molecular formula is C9H9NO5. The lowest BCUT2D eigenvalue weighted by molar-refractivity contribution is -0.138. The second-order valence-electron chi connectivity index (χ2n) is 2.93. The summed E-state index contributed by atoms with van der Waals surface area (Å²) in [6.07, 6.45) is 0. The average molecular weight is 211 g/mol. The van der Waals surface area contributed by atoms with E-state index in [4.69, 9.17) is 21.1 Å². The standard InChI is InChI=1S/C9H9NO5/c10-7(9(14)15)4-1-5(8(12)13)3-6(11)2-4/h1-3,7,11H,10H2,(H,12,13)(H,14,15)/t7-/m0/s1. The van der Waals surface area contributed by atoms with Crippen LogP contribution in [0.15, 0.2) is 18.2 Å². The van der Waals surface area contributed by atoms with Crippen molar-refractivity contribution in [1.29, 1.82) is 0 Å². The van der Waals surface area contributed by atoms with Gasteiger partial charge in [0.15, 0.2) is 0 Å². The maximum atomic E-state index is 10.6. The molecule has 0 fully saturated rings. The summed E-state index contributed by atoms with van der Waals surface area (Å²) in [5.74, 6) is -2.89. The van der Waals surface area contributed by atoms with Gasteiger partial charge in [-0.05, 0) is 23.8 Å². The van der Waals surface area contributed by atoms with Crippen molar-refractivity contribution < 1.29 is 24.9 Å². The van der Waals surface area contributed by atoms with Gasteiger partial charge in [0, 0.05) is 0 Å². The number of aromatic carboxylic acids is 1. The molecule has 5 N–H and O–H groups in total. The minimum absolute atomic E-state index is 0.0416. The van der Waals surface area contributed by atoms with E-state index in [9.17, 15) is 9.59 Å². The molecule has 0 unspecified atom stereocenters. The Bertz CT molecular complexity index is 415. The topological polar surface area (TPSA) is 121 Å². The number of carboxylic acid groups (broad SMARTS) is 2. The average Bonchev–Trinajstić information content (AvgIpc) is 2.15. The zero-order chi connectivity index (χ0) is 11.6. The second-order valence-corrected chi connectivity index (χ2v) is 2.93. The van der Waals surface area contributed by atoms with Gasteiger partial charge in [-0.2, -0.15) is 0 Å². The van der Waals surface area contributed by atoms with Gasteiger partial charge in [-0.3, -0.25) is 4.79 Å². The molecule has 0 bridgehead atoms. The number of carbonyl (C=O) groups is 2. The van der Waals surface area contributed by atoms with Crippen LogP contribution >= 0.6 is 0 Å². The van der Waals surface area contributed by atoms with E-state index in [1.54, 1.807) is 0 Å². The number of rotatable bonds is 3. The highest BCUT2D eigenvalue weighted by Gasteiger charge is 2.17. The van der Waals surface area contributed by atoms with Gasteiger partial charge < -0.3 is 21.1 Å². The SMILES string of the molecule is N[C@H](C(=O)O)c1cc(O)cc(C(=O)O)c1. The summed E-state index contributed by atoms with van der Waals surface area (Å²) >= 11 is 0. The minimum Gasteiger partial charge on any atom is -0.508 e. The smallest absolute Gasteiger partial charge is 0.335 e. The highest BCUT2D eigenvalue weighted by Crippen LogP contribution is 2.20. The van der Waals surface area contributed by atoms with E-state index in [-0.39, 0.29) is 16.9 Å². The van der Waals surface area contributed by atoms with Gasteiger partial charge in [0.25, 0.3) is 0 Å². The van der Waals surface area contributed by atoms with Crippen LogP contribution in [-0.4, -0.2) is 27.3 Å². The molecule has 0 aromatic heterocycles. The molecule has 6 heteroatoms. The van der Waals surface area contributed by atoms with Gasteiger partial charge >= 0.3 is 11.9 Å². The number of hydrogen-bond donors (Lipinski definition) is 4. The summed E-state index contributed by atoms with van der Waals surface area (Å²) < 4.78 is 0. The van der Waals surface area contributed by atoms with Gasteiger partial charge in [-0.25, -0.2) is 4.79 Å². The number of carboxylic acids is 2. The number of benzene rings is 1. The van der Waals surface area contributed by atoms with Gasteiger partial charge in [-0.1, -0.05) is 0 Å². The Kier molecular flexibility index (Phi) is 2.91. The summed E-state index contributed by atoms with van der Waals surface area (Å²) in [6.45, 7) is 0. The van der Waals surface area contributed by atoms with Crippen molar-refractivity contribution in [2.75, 3.05) is 0 Å². The molecule has 6 nitrogen and oxygen atoms in total. The first-order valence-corrected chi connectivity index (χ1v) is 3.97. The molecule has 0 aliphatic heterocycles. The van der Waals surface area contributed by atoms with E-state index in [0.29, 0.717) is 0 Å². The van der Waals surface area contributed by atoms with E-state index in [1.807, 2.05) is 0 Å². The number of phenolic OH excluding ortho intramolecular Hbond substituents is 1. The predicted octanol–water partition coefficient (Wildman–Crippen LogP) is 0.175. The van der Waals surface area contributed by atoms with Crippen LogP contribution in [0, 0.1) is 0 Å². The van der Waals surface area contributed by atoms with Gasteiger partial charge in [0.05, 0.1) is 5.56 Å². The number of aliphatic carboxylic acids is 1. The lowest BCUT2D eigenvalue weighted by Gasteiger charge is -2.08. The van der Waals surface area contributed by atoms with E-state index in [1.165, 1.54) is 0 Å². The normalized spacial score (nSPS) is 12.1. The van der Waals surface area contributed by atoms with Crippen molar-refractivity contribution in [3.05, 3.63) is 29.3 Å². The lowest BCUT2D eigenvalue weighted by atomic mass is 10.0. The van der Waals surface area contributed by atoms with Crippen LogP contribution in [0.25, 0.3) is 0 Å². The van der Waals surface area contributed by atoms with Crippen molar-refractivity contribution in [3.8, 4) is 5.75 Å². The summed E-state index contributed by atoms with van der Waals surface area (Å²) in [5, 5.41) is 26.4. The van der Waals surface area contributed by atoms with Crippen molar-refractivity contribution in [2.45, 2.75) is 6.04 Å². The number of hydrogen-bond acceptors (Lipinski definition) is 4. The first kappa shape index (κ1) is 11.0. The van der Waals surface area contributed by atoms with Crippen LogP contribution in [0.5, 0.6) is 5.75 Å². The fraction of sp³-hybridized carbons (Fsp3) is 0.111. The summed E-state index contributed by atoms with van der Waals surface area (Å²) in [4.78, 5) is 21.1. The van der Waals surface area contributed by atoms with E-state index < -0.39 is 18.0 Å². The van der Waals surface area contributed by atoms with Gasteiger partial charge in [0.1, 0.15) is 11.8 Å². The molecule has 1 rings (SSSR count). The third-order valence-electron chi connectivity index (χ3n) is 1.81. The zero-order valence-corrected chi connectivity index (χ0v) is 7.54. The van der Waals surface area contributed by atoms with Crippen molar-refractivity contribution in [3.63, 3.8) is 0 Å². The summed E-state index contributed by atoms with van der Waals surface area (Å²) in [5.41, 5.74) is 5.11. The van der Waals surface area contributed by atoms with Crippen molar-refractivity contribution >= 4 is 11.9 Å². The third kappa shape index (κ3) is 2.44. The van der Waals surface area contributed by atoms with Gasteiger partial charge in [0.2, 0.25) is 0 Å². The van der Waals surface area contributed by atoms with Crippen LogP contribution in [0.4, 0.5) is 0 Å². The molecule has 0 heterocycles. The molecule has 1 atom stereocenters. The quantitative estimate of drug-likeness (QED) is 0.565. The maximum Gasteiger partial charge on any atom is 0.335 e.